The summed E-state index contributed by atoms with van der Waals surface area (Å²) in [6, 6.07) is 10.9. The Morgan fingerprint density at radius 3 is 1.80 bits per heavy atom. The van der Waals surface area contributed by atoms with Crippen molar-refractivity contribution < 1.29 is 19.1 Å². The van der Waals surface area contributed by atoms with Crippen LogP contribution in [0.3, 0.4) is 0 Å². The third-order valence-corrected chi connectivity index (χ3v) is 9.04. The molecular weight excluding hydrogens is 586 g/mol. The quantitative estimate of drug-likeness (QED) is 0.402. The van der Waals surface area contributed by atoms with Crippen molar-refractivity contribution in [1.29, 1.82) is 0 Å². The Kier molecular flexibility index (Phi) is 8.67. The molecule has 4 bridgehead atoms. The number of ether oxygens (including phenoxy) is 2. The molecule has 3 aromatic heterocycles. The number of hydrogen-bond donors (Lipinski definition) is 2. The topological polar surface area (TPSA) is 152 Å². The number of esters is 2. The highest BCUT2D eigenvalue weighted by Crippen LogP contribution is 2.37. The van der Waals surface area contributed by atoms with Crippen molar-refractivity contribution >= 4 is 46.4 Å². The van der Waals surface area contributed by atoms with E-state index in [0.29, 0.717) is 46.5 Å². The van der Waals surface area contributed by atoms with E-state index < -0.39 is 5.97 Å². The zero-order chi connectivity index (χ0) is 30.8. The number of carbonyl (C=O) groups is 2. The van der Waals surface area contributed by atoms with Crippen molar-refractivity contribution in [1.82, 2.24) is 25.5 Å². The molecule has 3 aromatic rings. The number of hydrogen-bond acceptors (Lipinski definition) is 13. The lowest BCUT2D eigenvalue weighted by molar-refractivity contribution is 0.0585. The van der Waals surface area contributed by atoms with E-state index in [1.54, 1.807) is 30.6 Å². The molecule has 0 radical (unpaired) electrons. The number of halogens is 1. The Morgan fingerprint density at radius 1 is 0.818 bits per heavy atom. The fourth-order valence-electron chi connectivity index (χ4n) is 6.87. The van der Waals surface area contributed by atoms with Gasteiger partial charge in [0.2, 0.25) is 0 Å². The number of rotatable bonds is 5. The highest BCUT2D eigenvalue weighted by molar-refractivity contribution is 6.29. The number of nitrogens with two attached hydrogens (primary N) is 1. The van der Waals surface area contributed by atoms with E-state index in [4.69, 9.17) is 22.1 Å². The van der Waals surface area contributed by atoms with Crippen molar-refractivity contribution in [3.05, 3.63) is 59.3 Å². The molecule has 4 atom stereocenters. The third-order valence-electron chi connectivity index (χ3n) is 8.86. The molecule has 7 heterocycles. The maximum Gasteiger partial charge on any atom is 0.356 e. The van der Waals surface area contributed by atoms with Crippen molar-refractivity contribution in [3.63, 3.8) is 0 Å². The number of pyridine rings is 2. The molecule has 4 aliphatic rings. The molecule has 14 heteroatoms. The van der Waals surface area contributed by atoms with E-state index in [-0.39, 0.29) is 5.97 Å². The maximum absolute atomic E-state index is 11.6. The first kappa shape index (κ1) is 29.8. The van der Waals surface area contributed by atoms with E-state index in [1.807, 2.05) is 12.1 Å². The lowest BCUT2D eigenvalue weighted by atomic mass is 10.1. The largest absolute Gasteiger partial charge is 0.464 e. The average molecular weight is 622 g/mol. The van der Waals surface area contributed by atoms with Crippen LogP contribution < -0.4 is 25.8 Å². The van der Waals surface area contributed by atoms with Crippen LogP contribution in [0.15, 0.2) is 42.7 Å². The SMILES string of the molecule is COC(=O)c1ccc(N2C3CCC2CNC3)cn1.COC(=O)c1ccc(N2[C@@H]3CC[C@H]2CN(c2cc(Cl)nnc2N)C3)cn1. The summed E-state index contributed by atoms with van der Waals surface area (Å²) >= 11 is 5.99. The molecule has 2 unspecified atom stereocenters. The van der Waals surface area contributed by atoms with E-state index in [0.717, 1.165) is 56.1 Å². The smallest absolute Gasteiger partial charge is 0.356 e. The summed E-state index contributed by atoms with van der Waals surface area (Å²) in [7, 11) is 2.72. The van der Waals surface area contributed by atoms with Gasteiger partial charge in [-0.05, 0) is 49.9 Å². The Morgan fingerprint density at radius 2 is 1.32 bits per heavy atom. The van der Waals surface area contributed by atoms with Gasteiger partial charge in [-0.25, -0.2) is 19.6 Å². The number of nitrogens with zero attached hydrogens (tertiary/aromatic N) is 7. The van der Waals surface area contributed by atoms with Crippen LogP contribution in [0.25, 0.3) is 0 Å². The molecule has 0 amide bonds. The Labute approximate surface area is 260 Å². The molecule has 0 aromatic carbocycles. The molecule has 7 rings (SSSR count). The summed E-state index contributed by atoms with van der Waals surface area (Å²) < 4.78 is 9.36. The van der Waals surface area contributed by atoms with Crippen LogP contribution >= 0.6 is 11.6 Å². The van der Waals surface area contributed by atoms with Crippen LogP contribution in [-0.4, -0.2) is 96.7 Å². The van der Waals surface area contributed by atoms with Gasteiger partial charge in [-0.3, -0.25) is 0 Å². The third kappa shape index (κ3) is 5.93. The molecule has 0 spiro atoms. The lowest BCUT2D eigenvalue weighted by Gasteiger charge is -2.43. The second-order valence-electron chi connectivity index (χ2n) is 11.4. The zero-order valence-electron chi connectivity index (χ0n) is 24.7. The number of aromatic nitrogens is 4. The second kappa shape index (κ2) is 12.8. The summed E-state index contributed by atoms with van der Waals surface area (Å²) in [5, 5.41) is 11.5. The standard InChI is InChI=1S/C17H19ClN6O2.C13H17N3O2/c1-26-17(25)13-5-4-10(7-20-13)24-11-2-3-12(24)9-23(8-11)14-6-15(18)21-22-16(14)19;1-18-13(17)12-5-4-11(8-15-12)16-9-2-3-10(16)7-14-6-9/h4-7,11-12H,2-3,8-9H2,1H3,(H2,19,22);4-5,8-10,14H,2-3,6-7H2,1H3/t11-,12+;. The van der Waals surface area contributed by atoms with Crippen LogP contribution in [0.4, 0.5) is 22.9 Å². The average Bonchev–Trinajstić information content (AvgIpc) is 3.47. The summed E-state index contributed by atoms with van der Waals surface area (Å²) in [6.45, 7) is 3.72. The number of piperazine rings is 2. The minimum Gasteiger partial charge on any atom is -0.464 e. The zero-order valence-corrected chi connectivity index (χ0v) is 25.5. The minimum absolute atomic E-state index is 0.313. The van der Waals surface area contributed by atoms with Gasteiger partial charge in [0, 0.05) is 56.4 Å². The molecule has 4 aliphatic heterocycles. The number of nitrogen functional groups attached to an aromatic ring is 1. The predicted octanol–water partition coefficient (Wildman–Crippen LogP) is 2.56. The Bertz CT molecular complexity index is 1460. The fourth-order valence-corrected chi connectivity index (χ4v) is 7.01. The van der Waals surface area contributed by atoms with Crippen molar-refractivity contribution in [2.45, 2.75) is 49.9 Å². The number of anilines is 4. The summed E-state index contributed by atoms with van der Waals surface area (Å²) in [6.07, 6.45) is 8.17. The van der Waals surface area contributed by atoms with Gasteiger partial charge in [0.05, 0.1) is 43.7 Å². The summed E-state index contributed by atoms with van der Waals surface area (Å²) in [4.78, 5) is 38.4. The maximum atomic E-state index is 11.6. The highest BCUT2D eigenvalue weighted by atomic mass is 35.5. The Hall–Kier alpha value is -4.23. The molecule has 0 aliphatic carbocycles. The highest BCUT2D eigenvalue weighted by Gasteiger charge is 2.41. The molecule has 3 N–H and O–H groups in total. The minimum atomic E-state index is -0.429. The number of methoxy groups -OCH3 is 2. The molecule has 4 fully saturated rings. The van der Waals surface area contributed by atoms with Crippen LogP contribution in [0.2, 0.25) is 5.15 Å². The second-order valence-corrected chi connectivity index (χ2v) is 11.8. The van der Waals surface area contributed by atoms with Gasteiger partial charge < -0.3 is 35.2 Å². The van der Waals surface area contributed by atoms with E-state index in [2.05, 4.69) is 44.9 Å². The van der Waals surface area contributed by atoms with Gasteiger partial charge in [-0.2, -0.15) is 0 Å². The first-order valence-corrected chi connectivity index (χ1v) is 15.1. The molecule has 232 valence electrons. The van der Waals surface area contributed by atoms with Crippen LogP contribution in [0, 0.1) is 0 Å². The van der Waals surface area contributed by atoms with Crippen molar-refractivity contribution in [2.75, 3.05) is 60.8 Å². The van der Waals surface area contributed by atoms with Gasteiger partial charge in [0.15, 0.2) is 11.0 Å². The molecule has 44 heavy (non-hydrogen) atoms. The van der Waals surface area contributed by atoms with Crippen molar-refractivity contribution in [3.8, 4) is 0 Å². The van der Waals surface area contributed by atoms with Gasteiger partial charge in [0.25, 0.3) is 0 Å². The van der Waals surface area contributed by atoms with Gasteiger partial charge in [0.1, 0.15) is 11.4 Å². The molecule has 0 saturated carbocycles. The van der Waals surface area contributed by atoms with E-state index >= 15 is 0 Å². The first-order valence-electron chi connectivity index (χ1n) is 14.8. The number of carbonyl (C=O) groups excluding carboxylic acids is 2. The summed E-state index contributed by atoms with van der Waals surface area (Å²) in [5.74, 6) is -0.418. The predicted molar refractivity (Wildman–Crippen MR) is 166 cm³/mol. The van der Waals surface area contributed by atoms with Crippen molar-refractivity contribution in [2.24, 2.45) is 0 Å². The van der Waals surface area contributed by atoms with Gasteiger partial charge in [-0.1, -0.05) is 11.6 Å². The van der Waals surface area contributed by atoms with E-state index in [9.17, 15) is 9.59 Å². The van der Waals surface area contributed by atoms with E-state index in [1.165, 1.54) is 27.1 Å². The summed E-state index contributed by atoms with van der Waals surface area (Å²) in [5.41, 5.74) is 9.63. The molecular formula is C30H36ClN9O4. The Balaban J connectivity index is 0.000000167. The molecule has 4 saturated heterocycles. The van der Waals surface area contributed by atoms with Crippen LogP contribution in [0.1, 0.15) is 46.7 Å². The fraction of sp³-hybridized carbons (Fsp3) is 0.467. The number of fused-ring (bicyclic) bond motifs is 4. The lowest BCUT2D eigenvalue weighted by Crippen LogP contribution is -2.54. The van der Waals surface area contributed by atoms with Gasteiger partial charge >= 0.3 is 11.9 Å². The molecule has 13 nitrogen and oxygen atoms in total. The van der Waals surface area contributed by atoms with Crippen LogP contribution in [-0.2, 0) is 9.47 Å². The monoisotopic (exact) mass is 621 g/mol. The van der Waals surface area contributed by atoms with Gasteiger partial charge in [-0.15, -0.1) is 10.2 Å². The van der Waals surface area contributed by atoms with Crippen LogP contribution in [0.5, 0.6) is 0 Å². The number of nitrogens with one attached hydrogen (secondary N) is 1. The first-order chi connectivity index (χ1) is 21.4. The normalized spacial score (nSPS) is 23.6.